The van der Waals surface area contributed by atoms with E-state index in [0.29, 0.717) is 5.65 Å². The minimum atomic E-state index is -3.14. The van der Waals surface area contributed by atoms with Gasteiger partial charge >= 0.3 is 6.61 Å². The van der Waals surface area contributed by atoms with Crippen molar-refractivity contribution in [2.24, 2.45) is 11.8 Å². The van der Waals surface area contributed by atoms with Gasteiger partial charge in [-0.15, -0.1) is 0 Å². The summed E-state index contributed by atoms with van der Waals surface area (Å²) in [6, 6.07) is 14.8. The van der Waals surface area contributed by atoms with Crippen molar-refractivity contribution in [1.82, 2.24) is 34.2 Å². The number of aliphatic hydroxyl groups is 1. The number of aromatic nitrogens is 5. The zero-order chi connectivity index (χ0) is 33.5. The Labute approximate surface area is 278 Å². The van der Waals surface area contributed by atoms with Crippen LogP contribution in [-0.2, 0) is 11.3 Å². The summed E-state index contributed by atoms with van der Waals surface area (Å²) in [7, 11) is 2.03. The van der Waals surface area contributed by atoms with Gasteiger partial charge in [0.2, 0.25) is 5.91 Å². The third-order valence-electron chi connectivity index (χ3n) is 9.01. The van der Waals surface area contributed by atoms with Crippen molar-refractivity contribution in [2.45, 2.75) is 25.2 Å². The fourth-order valence-corrected chi connectivity index (χ4v) is 7.29. The molecule has 2 aliphatic rings. The molecular weight excluding hydrogens is 646 g/mol. The molecule has 5 aromatic rings. The van der Waals surface area contributed by atoms with Crippen molar-refractivity contribution in [2.75, 3.05) is 32.1 Å². The predicted molar refractivity (Wildman–Crippen MR) is 172 cm³/mol. The van der Waals surface area contributed by atoms with Gasteiger partial charge in [0.1, 0.15) is 23.6 Å². The predicted octanol–water partition coefficient (Wildman–Crippen LogP) is 4.22. The molecule has 0 aliphatic carbocycles. The topological polar surface area (TPSA) is 130 Å². The van der Waals surface area contributed by atoms with Crippen LogP contribution in [0.3, 0.4) is 0 Å². The summed E-state index contributed by atoms with van der Waals surface area (Å²) >= 11 is 6.28. The van der Waals surface area contributed by atoms with Gasteiger partial charge in [0.05, 0.1) is 30.6 Å². The molecule has 0 radical (unpaired) electrons. The van der Waals surface area contributed by atoms with Gasteiger partial charge in [-0.2, -0.15) is 19.0 Å². The Bertz CT molecular complexity index is 1970. The Balaban J connectivity index is 1.26. The zero-order valence-electron chi connectivity index (χ0n) is 25.7. The highest BCUT2D eigenvalue weighted by Crippen LogP contribution is 2.48. The lowest BCUT2D eigenvalue weighted by Gasteiger charge is -2.33. The van der Waals surface area contributed by atoms with E-state index < -0.39 is 18.6 Å². The second kappa shape index (κ2) is 12.9. The Kier molecular flexibility index (Phi) is 8.54. The van der Waals surface area contributed by atoms with E-state index in [0.717, 1.165) is 18.7 Å². The molecule has 12 nitrogen and oxygen atoms in total. The molecule has 2 fully saturated rings. The van der Waals surface area contributed by atoms with Crippen molar-refractivity contribution in [3.8, 4) is 17.0 Å². The van der Waals surface area contributed by atoms with E-state index in [9.17, 15) is 23.5 Å². The van der Waals surface area contributed by atoms with Crippen molar-refractivity contribution >= 4 is 34.7 Å². The van der Waals surface area contributed by atoms with Gasteiger partial charge < -0.3 is 25.0 Å². The maximum atomic E-state index is 14.2. The number of carbonyl (C=O) groups is 2. The summed E-state index contributed by atoms with van der Waals surface area (Å²) in [6.45, 7) is -2.10. The number of ether oxygens (including phenoxy) is 1. The highest BCUT2D eigenvalue weighted by Gasteiger charge is 2.54. The number of aliphatic hydroxyl groups excluding tert-OH is 1. The number of alkyl halides is 2. The SMILES string of the molecule is CN1CC2C(C1)C(c1ccccc1)N(C(=O)Cn1cc(NC(=O)c3cnn4cccnc34)c(-c3cc(Cl)ccc3OC(F)F)n1)C2CO. The molecule has 7 rings (SSSR count). The molecule has 15 heteroatoms. The van der Waals surface area contributed by atoms with Crippen LogP contribution in [0.25, 0.3) is 16.9 Å². The second-order valence-electron chi connectivity index (χ2n) is 12.0. The van der Waals surface area contributed by atoms with Crippen LogP contribution in [0.5, 0.6) is 5.75 Å². The van der Waals surface area contributed by atoms with E-state index in [-0.39, 0.29) is 70.2 Å². The first-order chi connectivity index (χ1) is 23.2. The van der Waals surface area contributed by atoms with Gasteiger partial charge in [0.15, 0.2) is 5.65 Å². The van der Waals surface area contributed by atoms with Gasteiger partial charge in [-0.3, -0.25) is 14.3 Å². The summed E-state index contributed by atoms with van der Waals surface area (Å²) in [5, 5.41) is 22.3. The smallest absolute Gasteiger partial charge is 0.387 e. The van der Waals surface area contributed by atoms with Crippen LogP contribution in [0, 0.1) is 11.8 Å². The molecule has 2 N–H and O–H groups in total. The van der Waals surface area contributed by atoms with Crippen LogP contribution >= 0.6 is 11.6 Å². The molecule has 3 aromatic heterocycles. The number of nitrogens with one attached hydrogen (secondary N) is 1. The Morgan fingerprint density at radius 2 is 1.92 bits per heavy atom. The van der Waals surface area contributed by atoms with Crippen LogP contribution in [0.15, 0.2) is 79.4 Å². The van der Waals surface area contributed by atoms with E-state index in [1.165, 1.54) is 46.0 Å². The first-order valence-corrected chi connectivity index (χ1v) is 15.7. The molecular formula is C33H31ClF2N8O4. The highest BCUT2D eigenvalue weighted by atomic mass is 35.5. The van der Waals surface area contributed by atoms with E-state index in [4.69, 9.17) is 16.3 Å². The van der Waals surface area contributed by atoms with Gasteiger partial charge in [-0.1, -0.05) is 41.9 Å². The van der Waals surface area contributed by atoms with Crippen LogP contribution in [0.1, 0.15) is 22.0 Å². The molecule has 5 heterocycles. The lowest BCUT2D eigenvalue weighted by molar-refractivity contribution is -0.137. The molecule has 248 valence electrons. The first kappa shape index (κ1) is 31.7. The minimum absolute atomic E-state index is 0.0527. The molecule has 0 saturated carbocycles. The maximum absolute atomic E-state index is 14.2. The molecule has 2 aromatic carbocycles. The first-order valence-electron chi connectivity index (χ1n) is 15.3. The van der Waals surface area contributed by atoms with E-state index in [2.05, 4.69) is 25.4 Å². The largest absolute Gasteiger partial charge is 0.434 e. The lowest BCUT2D eigenvalue weighted by Crippen LogP contribution is -2.45. The fraction of sp³-hybridized carbons (Fsp3) is 0.303. The van der Waals surface area contributed by atoms with Crippen LogP contribution in [0.2, 0.25) is 5.02 Å². The van der Waals surface area contributed by atoms with Gasteiger partial charge in [-0.05, 0) is 36.9 Å². The fourth-order valence-electron chi connectivity index (χ4n) is 7.12. The summed E-state index contributed by atoms with van der Waals surface area (Å²) in [6.07, 6.45) is 5.97. The quantitative estimate of drug-likeness (QED) is 0.238. The molecule has 0 spiro atoms. The third kappa shape index (κ3) is 5.86. The van der Waals surface area contributed by atoms with Crippen molar-refractivity contribution in [3.05, 3.63) is 95.5 Å². The number of anilines is 1. The molecule has 2 amide bonds. The average molecular weight is 677 g/mol. The summed E-state index contributed by atoms with van der Waals surface area (Å²) in [5.41, 5.74) is 1.67. The molecule has 0 bridgehead atoms. The normalized spacial score (nSPS) is 20.8. The second-order valence-corrected chi connectivity index (χ2v) is 12.4. The number of likely N-dealkylation sites (tertiary alicyclic amines) is 2. The van der Waals surface area contributed by atoms with Crippen LogP contribution in [-0.4, -0.2) is 90.5 Å². The van der Waals surface area contributed by atoms with Crippen molar-refractivity contribution in [1.29, 1.82) is 0 Å². The van der Waals surface area contributed by atoms with Gasteiger partial charge in [0, 0.05) is 54.1 Å². The Morgan fingerprint density at radius 1 is 1.12 bits per heavy atom. The minimum Gasteiger partial charge on any atom is -0.434 e. The van der Waals surface area contributed by atoms with E-state index in [1.807, 2.05) is 37.4 Å². The number of fused-ring (bicyclic) bond motifs is 2. The van der Waals surface area contributed by atoms with Crippen LogP contribution < -0.4 is 10.1 Å². The number of nitrogens with zero attached hydrogens (tertiary/aromatic N) is 7. The number of amides is 2. The monoisotopic (exact) mass is 676 g/mol. The molecule has 48 heavy (non-hydrogen) atoms. The Hall–Kier alpha value is -4.92. The number of halogens is 3. The number of hydrogen-bond donors (Lipinski definition) is 2. The summed E-state index contributed by atoms with van der Waals surface area (Å²) in [5.74, 6) is -0.928. The number of rotatable bonds is 9. The molecule has 4 atom stereocenters. The van der Waals surface area contributed by atoms with Crippen LogP contribution in [0.4, 0.5) is 14.5 Å². The lowest BCUT2D eigenvalue weighted by atomic mass is 9.87. The molecule has 2 saturated heterocycles. The zero-order valence-corrected chi connectivity index (χ0v) is 26.4. The van der Waals surface area contributed by atoms with Crippen molar-refractivity contribution < 1.29 is 28.2 Å². The molecule has 2 aliphatic heterocycles. The summed E-state index contributed by atoms with van der Waals surface area (Å²) < 4.78 is 34.4. The summed E-state index contributed by atoms with van der Waals surface area (Å²) in [4.78, 5) is 36.0. The third-order valence-corrected chi connectivity index (χ3v) is 9.25. The maximum Gasteiger partial charge on any atom is 0.387 e. The van der Waals surface area contributed by atoms with Gasteiger partial charge in [0.25, 0.3) is 5.91 Å². The van der Waals surface area contributed by atoms with Gasteiger partial charge in [-0.25, -0.2) is 9.50 Å². The molecule has 4 unspecified atom stereocenters. The number of carbonyl (C=O) groups excluding carboxylic acids is 2. The highest BCUT2D eigenvalue weighted by molar-refractivity contribution is 6.31. The van der Waals surface area contributed by atoms with E-state index >= 15 is 0 Å². The van der Waals surface area contributed by atoms with Crippen molar-refractivity contribution in [3.63, 3.8) is 0 Å². The Morgan fingerprint density at radius 3 is 2.69 bits per heavy atom. The standard InChI is InChI=1S/C33H31ClF2N8O4/c1-41-14-23-24(15-41)30(19-6-3-2-4-7-19)44(26(23)18-45)28(46)17-42-16-25(39-32(47)22-13-38-43-11-5-10-37-31(22)43)29(40-42)21-12-20(34)8-9-27(21)48-33(35)36/h2-13,16,23-24,26,30,33,45H,14-15,17-18H2,1H3,(H,39,47). The van der Waals surface area contributed by atoms with E-state index in [1.54, 1.807) is 17.2 Å². The number of benzene rings is 2. The number of hydrogen-bond acceptors (Lipinski definition) is 8. The average Bonchev–Trinajstić information content (AvgIpc) is 3.83.